The number of nitrogens with zero attached hydrogens (tertiary/aromatic N) is 5. The Labute approximate surface area is 226 Å². The number of piperazine rings is 1. The molecule has 2 amide bonds. The Morgan fingerprint density at radius 1 is 0.975 bits per heavy atom. The summed E-state index contributed by atoms with van der Waals surface area (Å²) in [5.41, 5.74) is -0.573. The number of nitrogens with one attached hydrogen (secondary N) is 1. The number of aromatic nitrogens is 3. The van der Waals surface area contributed by atoms with Gasteiger partial charge in [-0.05, 0) is 25.0 Å². The average Bonchev–Trinajstić information content (AvgIpc) is 3.62. The van der Waals surface area contributed by atoms with Crippen LogP contribution >= 0.6 is 0 Å². The molecule has 2 aliphatic rings. The first-order valence-electron chi connectivity index (χ1n) is 12.6. The van der Waals surface area contributed by atoms with Crippen LogP contribution in [0.4, 0.5) is 24.8 Å². The summed E-state index contributed by atoms with van der Waals surface area (Å²) in [5.74, 6) is -4.91. The van der Waals surface area contributed by atoms with Gasteiger partial charge in [0.25, 0.3) is 5.91 Å². The van der Waals surface area contributed by atoms with Crippen molar-refractivity contribution in [2.45, 2.75) is 25.4 Å². The summed E-state index contributed by atoms with van der Waals surface area (Å²) in [5, 5.41) is 11.7. The highest BCUT2D eigenvalue weighted by Gasteiger charge is 2.42. The van der Waals surface area contributed by atoms with Crippen molar-refractivity contribution in [2.24, 2.45) is 11.8 Å². The Hall–Kier alpha value is -4.49. The van der Waals surface area contributed by atoms with Crippen LogP contribution in [-0.2, 0) is 15.8 Å². The topological polar surface area (TPSA) is 142 Å². The van der Waals surface area contributed by atoms with Gasteiger partial charge in [0.15, 0.2) is 5.69 Å². The summed E-state index contributed by atoms with van der Waals surface area (Å²) >= 11 is 0. The molecule has 1 aliphatic heterocycles. The molecule has 2 atom stereocenters. The van der Waals surface area contributed by atoms with E-state index in [9.17, 15) is 32.7 Å². The molecule has 0 radical (unpaired) electrons. The van der Waals surface area contributed by atoms with Crippen LogP contribution in [0, 0.1) is 11.8 Å². The molecule has 11 nitrogen and oxygen atoms in total. The number of anilines is 2. The van der Waals surface area contributed by atoms with Gasteiger partial charge in [-0.3, -0.25) is 14.4 Å². The van der Waals surface area contributed by atoms with Crippen LogP contribution in [0.15, 0.2) is 47.1 Å². The van der Waals surface area contributed by atoms with Gasteiger partial charge in [-0.2, -0.15) is 13.2 Å². The van der Waals surface area contributed by atoms with Gasteiger partial charge in [-0.25, -0.2) is 15.0 Å². The summed E-state index contributed by atoms with van der Waals surface area (Å²) in [4.78, 5) is 52.7. The van der Waals surface area contributed by atoms with Gasteiger partial charge in [0.1, 0.15) is 0 Å². The number of halogens is 3. The fourth-order valence-corrected chi connectivity index (χ4v) is 5.02. The molecule has 5 rings (SSSR count). The lowest BCUT2D eigenvalue weighted by atomic mass is 9.94. The molecule has 3 heterocycles. The third-order valence-electron chi connectivity index (χ3n) is 7.04. The van der Waals surface area contributed by atoms with Crippen molar-refractivity contribution in [1.29, 1.82) is 0 Å². The maximum absolute atomic E-state index is 13.6. The van der Waals surface area contributed by atoms with E-state index in [0.717, 1.165) is 0 Å². The molecule has 0 spiro atoms. The van der Waals surface area contributed by atoms with Crippen LogP contribution in [0.1, 0.15) is 35.5 Å². The number of carboxylic acids is 1. The zero-order valence-corrected chi connectivity index (χ0v) is 21.1. The van der Waals surface area contributed by atoms with Crippen LogP contribution in [0.25, 0.3) is 11.5 Å². The lowest BCUT2D eigenvalue weighted by Crippen LogP contribution is -2.51. The molecular formula is C26H25F3N6O5. The number of rotatable bonds is 6. The molecule has 1 saturated heterocycles. The highest BCUT2D eigenvalue weighted by Crippen LogP contribution is 2.36. The average molecular weight is 559 g/mol. The van der Waals surface area contributed by atoms with Crippen LogP contribution in [0.2, 0.25) is 0 Å². The largest absolute Gasteiger partial charge is 0.481 e. The fraction of sp³-hybridized carbons (Fsp3) is 0.385. The second-order valence-corrected chi connectivity index (χ2v) is 9.58. The molecule has 1 aromatic carbocycles. The number of carboxylic acid groups (broad SMARTS) is 1. The van der Waals surface area contributed by atoms with E-state index >= 15 is 0 Å². The zero-order chi connectivity index (χ0) is 28.4. The Morgan fingerprint density at radius 2 is 1.62 bits per heavy atom. The first-order valence-corrected chi connectivity index (χ1v) is 12.6. The van der Waals surface area contributed by atoms with Crippen molar-refractivity contribution >= 4 is 29.4 Å². The van der Waals surface area contributed by atoms with Crippen LogP contribution in [0.5, 0.6) is 0 Å². The molecule has 2 unspecified atom stereocenters. The summed E-state index contributed by atoms with van der Waals surface area (Å²) in [6, 6.07) is 7.91. The van der Waals surface area contributed by atoms with Crippen molar-refractivity contribution < 1.29 is 37.1 Å². The maximum atomic E-state index is 13.6. The number of oxazole rings is 1. The predicted octanol–water partition coefficient (Wildman–Crippen LogP) is 3.55. The molecule has 0 bridgehead atoms. The molecule has 2 N–H and O–H groups in total. The molecule has 14 heteroatoms. The van der Waals surface area contributed by atoms with E-state index < -0.39 is 41.3 Å². The summed E-state index contributed by atoms with van der Waals surface area (Å²) < 4.78 is 45.6. The SMILES string of the molecule is O=C(Nc1cnc(N2CCN(C(=O)C3CCCC3C(=O)O)CC2)nc1)c1nc(-c2ccccc2)oc1C(F)(F)F. The minimum absolute atomic E-state index is 0.0564. The van der Waals surface area contributed by atoms with E-state index in [2.05, 4.69) is 20.3 Å². The maximum Gasteiger partial charge on any atom is 0.452 e. The second-order valence-electron chi connectivity index (χ2n) is 9.58. The minimum atomic E-state index is -4.94. The summed E-state index contributed by atoms with van der Waals surface area (Å²) in [6.45, 7) is 1.58. The number of aliphatic carboxylic acids is 1. The van der Waals surface area contributed by atoms with Gasteiger partial charge in [0, 0.05) is 31.7 Å². The van der Waals surface area contributed by atoms with Gasteiger partial charge < -0.3 is 24.6 Å². The number of carbonyl (C=O) groups excluding carboxylic acids is 2. The Kier molecular flexibility index (Phi) is 7.41. The smallest absolute Gasteiger partial charge is 0.452 e. The van der Waals surface area contributed by atoms with Crippen LogP contribution < -0.4 is 10.2 Å². The van der Waals surface area contributed by atoms with Crippen LogP contribution in [0.3, 0.4) is 0 Å². The molecule has 210 valence electrons. The van der Waals surface area contributed by atoms with Crippen LogP contribution in [-0.4, -0.2) is 68.9 Å². The highest BCUT2D eigenvalue weighted by atomic mass is 19.4. The first-order chi connectivity index (χ1) is 19.1. The lowest BCUT2D eigenvalue weighted by molar-refractivity contribution is -0.153. The molecular weight excluding hydrogens is 533 g/mol. The first kappa shape index (κ1) is 27.1. The van der Waals surface area contributed by atoms with E-state index in [1.807, 2.05) is 4.90 Å². The summed E-state index contributed by atoms with van der Waals surface area (Å²) in [7, 11) is 0. The Bertz CT molecular complexity index is 1390. The minimum Gasteiger partial charge on any atom is -0.481 e. The fourth-order valence-electron chi connectivity index (χ4n) is 5.02. The monoisotopic (exact) mass is 558 g/mol. The van der Waals surface area contributed by atoms with Crippen molar-refractivity contribution in [1.82, 2.24) is 19.9 Å². The third-order valence-corrected chi connectivity index (χ3v) is 7.04. The number of benzene rings is 1. The zero-order valence-electron chi connectivity index (χ0n) is 21.1. The molecule has 3 aromatic rings. The molecule has 2 aromatic heterocycles. The van der Waals surface area contributed by atoms with E-state index in [1.54, 1.807) is 23.1 Å². The van der Waals surface area contributed by atoms with Gasteiger partial charge in [-0.1, -0.05) is 24.6 Å². The van der Waals surface area contributed by atoms with Crippen molar-refractivity contribution in [3.8, 4) is 11.5 Å². The Balaban J connectivity index is 1.22. The van der Waals surface area contributed by atoms with Crippen molar-refractivity contribution in [3.05, 3.63) is 54.2 Å². The van der Waals surface area contributed by atoms with Gasteiger partial charge in [0.05, 0.1) is 29.9 Å². The van der Waals surface area contributed by atoms with E-state index in [1.165, 1.54) is 24.5 Å². The molecule has 40 heavy (non-hydrogen) atoms. The normalized spacial score (nSPS) is 19.5. The molecule has 1 saturated carbocycles. The predicted molar refractivity (Wildman–Crippen MR) is 134 cm³/mol. The Morgan fingerprint density at radius 3 is 2.25 bits per heavy atom. The summed E-state index contributed by atoms with van der Waals surface area (Å²) in [6.07, 6.45) is -0.628. The number of amides is 2. The van der Waals surface area contributed by atoms with Gasteiger partial charge >= 0.3 is 12.1 Å². The van der Waals surface area contributed by atoms with Gasteiger partial charge in [-0.15, -0.1) is 0 Å². The van der Waals surface area contributed by atoms with Crippen molar-refractivity contribution in [3.63, 3.8) is 0 Å². The van der Waals surface area contributed by atoms with E-state index in [0.29, 0.717) is 51.4 Å². The number of carbonyl (C=O) groups is 3. The molecule has 2 fully saturated rings. The number of hydrogen-bond acceptors (Lipinski definition) is 8. The third kappa shape index (κ3) is 5.60. The molecule has 1 aliphatic carbocycles. The number of hydrogen-bond donors (Lipinski definition) is 2. The second kappa shape index (κ2) is 10.9. The number of alkyl halides is 3. The van der Waals surface area contributed by atoms with E-state index in [-0.39, 0.29) is 23.0 Å². The van der Waals surface area contributed by atoms with Crippen molar-refractivity contribution in [2.75, 3.05) is 36.4 Å². The standard InChI is InChI=1S/C26H25F3N6O5/c27-26(28,29)20-19(33-22(40-20)15-5-2-1-3-6-15)21(36)32-16-13-30-25(31-14-16)35-11-9-34(10-12-35)23(37)17-7-4-8-18(17)24(38)39/h1-3,5-6,13-14,17-18H,4,7-12H2,(H,32,36)(H,38,39). The van der Waals surface area contributed by atoms with E-state index in [4.69, 9.17) is 4.42 Å². The van der Waals surface area contributed by atoms with Gasteiger partial charge in [0.2, 0.25) is 23.5 Å². The highest BCUT2D eigenvalue weighted by molar-refractivity contribution is 6.03. The quantitative estimate of drug-likeness (QED) is 0.465. The lowest BCUT2D eigenvalue weighted by Gasteiger charge is -2.36.